The molecule has 0 atom stereocenters. The van der Waals surface area contributed by atoms with Crippen LogP contribution in [-0.2, 0) is 26.0 Å². The molecule has 6 nitrogen and oxygen atoms in total. The molecule has 0 aliphatic rings. The normalized spacial score (nSPS) is 12.2. The zero-order chi connectivity index (χ0) is 15.4. The van der Waals surface area contributed by atoms with Gasteiger partial charge in [0.15, 0.2) is 0 Å². The molecule has 0 heterocycles. The maximum absolute atomic E-state index is 12.0. The van der Waals surface area contributed by atoms with Crippen molar-refractivity contribution >= 4 is 16.0 Å². The molecule has 0 amide bonds. The van der Waals surface area contributed by atoms with Gasteiger partial charge in [-0.15, -0.1) is 0 Å². The Morgan fingerprint density at radius 2 is 1.85 bits per heavy atom. The number of methoxy groups -OCH3 is 1. The number of hydrogen-bond acceptors (Lipinski definition) is 5. The Morgan fingerprint density at radius 1 is 1.30 bits per heavy atom. The van der Waals surface area contributed by atoms with Gasteiger partial charge in [0, 0.05) is 6.54 Å². The van der Waals surface area contributed by atoms with Gasteiger partial charge in [-0.25, -0.2) is 13.1 Å². The molecule has 0 radical (unpaired) electrons. The van der Waals surface area contributed by atoms with Gasteiger partial charge >= 0.3 is 5.97 Å². The Balaban J connectivity index is 2.79. The third-order valence-corrected chi connectivity index (χ3v) is 3.92. The van der Waals surface area contributed by atoms with Crippen molar-refractivity contribution in [1.29, 1.82) is 0 Å². The van der Waals surface area contributed by atoms with Crippen LogP contribution < -0.4 is 4.72 Å². The standard InChI is InChI=1S/C13H19NO5S/c1-13(2,16)9-14-20(17,18)11-6-4-10(5-7-11)8-12(15)19-3/h4-7,14,16H,8-9H2,1-3H3. The number of carbonyl (C=O) groups excluding carboxylic acids is 1. The fourth-order valence-electron chi connectivity index (χ4n) is 1.38. The number of hydrogen-bond donors (Lipinski definition) is 2. The molecule has 112 valence electrons. The minimum absolute atomic E-state index is 0.0790. The molecule has 7 heteroatoms. The van der Waals surface area contributed by atoms with Crippen LogP contribution in [0.15, 0.2) is 29.2 Å². The highest BCUT2D eigenvalue weighted by molar-refractivity contribution is 7.89. The molecule has 0 fully saturated rings. The third kappa shape index (κ3) is 5.28. The van der Waals surface area contributed by atoms with E-state index in [2.05, 4.69) is 9.46 Å². The molecular formula is C13H19NO5S. The zero-order valence-electron chi connectivity index (χ0n) is 11.7. The summed E-state index contributed by atoms with van der Waals surface area (Å²) in [6, 6.07) is 5.92. The van der Waals surface area contributed by atoms with E-state index in [9.17, 15) is 18.3 Å². The Hall–Kier alpha value is -1.44. The van der Waals surface area contributed by atoms with E-state index >= 15 is 0 Å². The van der Waals surface area contributed by atoms with Gasteiger partial charge in [0.1, 0.15) is 0 Å². The summed E-state index contributed by atoms with van der Waals surface area (Å²) >= 11 is 0. The van der Waals surface area contributed by atoms with Crippen molar-refractivity contribution in [1.82, 2.24) is 4.72 Å². The maximum Gasteiger partial charge on any atom is 0.309 e. The zero-order valence-corrected chi connectivity index (χ0v) is 12.5. The average molecular weight is 301 g/mol. The molecule has 0 unspecified atom stereocenters. The number of sulfonamides is 1. The molecule has 20 heavy (non-hydrogen) atoms. The predicted octanol–water partition coefficient (Wildman–Crippen LogP) is 0.451. The fourth-order valence-corrected chi connectivity index (χ4v) is 2.58. The molecule has 0 bridgehead atoms. The summed E-state index contributed by atoms with van der Waals surface area (Å²) in [6.45, 7) is 2.93. The second-order valence-corrected chi connectivity index (χ2v) is 6.80. The van der Waals surface area contributed by atoms with E-state index in [0.29, 0.717) is 5.56 Å². The maximum atomic E-state index is 12.0. The number of esters is 1. The SMILES string of the molecule is COC(=O)Cc1ccc(S(=O)(=O)NCC(C)(C)O)cc1. The molecule has 2 N–H and O–H groups in total. The number of carbonyl (C=O) groups is 1. The van der Waals surface area contributed by atoms with Gasteiger partial charge < -0.3 is 9.84 Å². The van der Waals surface area contributed by atoms with Gasteiger partial charge in [-0.3, -0.25) is 4.79 Å². The first-order valence-electron chi connectivity index (χ1n) is 6.02. The first kappa shape index (κ1) is 16.6. The van der Waals surface area contributed by atoms with E-state index in [1.807, 2.05) is 0 Å². The molecule has 1 aromatic rings. The van der Waals surface area contributed by atoms with Gasteiger partial charge in [0.25, 0.3) is 0 Å². The summed E-state index contributed by atoms with van der Waals surface area (Å²) in [5.74, 6) is -0.388. The molecule has 1 rings (SSSR count). The molecule has 0 aliphatic carbocycles. The van der Waals surface area contributed by atoms with Crippen LogP contribution in [0.5, 0.6) is 0 Å². The summed E-state index contributed by atoms with van der Waals surface area (Å²) in [6.07, 6.45) is 0.0912. The van der Waals surface area contributed by atoms with Crippen molar-refractivity contribution in [3.05, 3.63) is 29.8 Å². The van der Waals surface area contributed by atoms with Gasteiger partial charge in [0.05, 0.1) is 24.0 Å². The molecule has 0 aliphatic heterocycles. The van der Waals surface area contributed by atoms with Crippen molar-refractivity contribution in [2.75, 3.05) is 13.7 Å². The van der Waals surface area contributed by atoms with Crippen LogP contribution in [0.25, 0.3) is 0 Å². The molecule has 0 spiro atoms. The summed E-state index contributed by atoms with van der Waals surface area (Å²) in [4.78, 5) is 11.2. The summed E-state index contributed by atoms with van der Waals surface area (Å²) in [5, 5.41) is 9.52. The highest BCUT2D eigenvalue weighted by Crippen LogP contribution is 2.12. The van der Waals surface area contributed by atoms with Crippen LogP contribution in [0.4, 0.5) is 0 Å². The van der Waals surface area contributed by atoms with Crippen molar-refractivity contribution in [2.45, 2.75) is 30.8 Å². The first-order chi connectivity index (χ1) is 9.14. The van der Waals surface area contributed by atoms with Crippen molar-refractivity contribution < 1.29 is 23.1 Å². The van der Waals surface area contributed by atoms with Crippen LogP contribution in [0.3, 0.4) is 0 Å². The number of ether oxygens (including phenoxy) is 1. The Morgan fingerprint density at radius 3 is 2.30 bits per heavy atom. The first-order valence-corrected chi connectivity index (χ1v) is 7.50. The topological polar surface area (TPSA) is 92.7 Å². The minimum Gasteiger partial charge on any atom is -0.469 e. The Labute approximate surface area is 118 Å². The predicted molar refractivity (Wildman–Crippen MR) is 73.6 cm³/mol. The average Bonchev–Trinajstić information content (AvgIpc) is 2.36. The van der Waals surface area contributed by atoms with E-state index in [-0.39, 0.29) is 23.8 Å². The lowest BCUT2D eigenvalue weighted by Crippen LogP contribution is -2.38. The van der Waals surface area contributed by atoms with E-state index in [0.717, 1.165) is 0 Å². The highest BCUT2D eigenvalue weighted by atomic mass is 32.2. The smallest absolute Gasteiger partial charge is 0.309 e. The van der Waals surface area contributed by atoms with Crippen molar-refractivity contribution in [3.63, 3.8) is 0 Å². The lowest BCUT2D eigenvalue weighted by Gasteiger charge is -2.17. The van der Waals surface area contributed by atoms with Gasteiger partial charge in [-0.2, -0.15) is 0 Å². The minimum atomic E-state index is -3.67. The van der Waals surface area contributed by atoms with Gasteiger partial charge in [-0.1, -0.05) is 12.1 Å². The second-order valence-electron chi connectivity index (χ2n) is 5.03. The molecule has 0 saturated carbocycles. The van der Waals surface area contributed by atoms with Crippen LogP contribution >= 0.6 is 0 Å². The quantitative estimate of drug-likeness (QED) is 0.744. The van der Waals surface area contributed by atoms with E-state index in [1.54, 1.807) is 12.1 Å². The molecule has 0 saturated heterocycles. The molecular weight excluding hydrogens is 282 g/mol. The van der Waals surface area contributed by atoms with Crippen molar-refractivity contribution in [3.8, 4) is 0 Å². The van der Waals surface area contributed by atoms with E-state index in [1.165, 1.54) is 33.1 Å². The van der Waals surface area contributed by atoms with Gasteiger partial charge in [0.2, 0.25) is 10.0 Å². The molecule has 0 aromatic heterocycles. The monoisotopic (exact) mass is 301 g/mol. The fraction of sp³-hybridized carbons (Fsp3) is 0.462. The molecule has 1 aromatic carbocycles. The summed E-state index contributed by atoms with van der Waals surface area (Å²) in [5.41, 5.74) is -0.462. The lowest BCUT2D eigenvalue weighted by molar-refractivity contribution is -0.139. The number of rotatable bonds is 6. The van der Waals surface area contributed by atoms with E-state index in [4.69, 9.17) is 0 Å². The third-order valence-electron chi connectivity index (χ3n) is 2.50. The van der Waals surface area contributed by atoms with Crippen LogP contribution in [0, 0.1) is 0 Å². The summed E-state index contributed by atoms with van der Waals surface area (Å²) < 4.78 is 30.8. The largest absolute Gasteiger partial charge is 0.469 e. The Kier molecular flexibility index (Phi) is 5.27. The number of nitrogens with one attached hydrogen (secondary N) is 1. The lowest BCUT2D eigenvalue weighted by atomic mass is 10.1. The Bertz CT molecular complexity index is 557. The van der Waals surface area contributed by atoms with Crippen LogP contribution in [0.2, 0.25) is 0 Å². The van der Waals surface area contributed by atoms with Gasteiger partial charge in [-0.05, 0) is 31.5 Å². The number of benzene rings is 1. The second kappa shape index (κ2) is 6.34. The van der Waals surface area contributed by atoms with Crippen LogP contribution in [0.1, 0.15) is 19.4 Å². The van der Waals surface area contributed by atoms with Crippen LogP contribution in [-0.4, -0.2) is 38.7 Å². The number of aliphatic hydroxyl groups is 1. The summed E-state index contributed by atoms with van der Waals surface area (Å²) in [7, 11) is -2.38. The highest BCUT2D eigenvalue weighted by Gasteiger charge is 2.19. The van der Waals surface area contributed by atoms with E-state index < -0.39 is 15.6 Å². The van der Waals surface area contributed by atoms with Crippen molar-refractivity contribution in [2.24, 2.45) is 0 Å².